The van der Waals surface area contributed by atoms with E-state index in [1.165, 1.54) is 11.0 Å². The number of nitriles is 1. The Balaban J connectivity index is 0.945. The van der Waals surface area contributed by atoms with Crippen molar-refractivity contribution in [3.05, 3.63) is 59.2 Å². The van der Waals surface area contributed by atoms with E-state index in [0.717, 1.165) is 63.0 Å². The lowest BCUT2D eigenvalue weighted by atomic mass is 9.75. The van der Waals surface area contributed by atoms with Gasteiger partial charge in [-0.2, -0.15) is 18.4 Å². The Hall–Kier alpha value is -4.01. The normalized spacial score (nSPS) is 28.9. The van der Waals surface area contributed by atoms with Crippen molar-refractivity contribution < 1.29 is 37.1 Å². The molecule has 0 bridgehead atoms. The SMILES string of the molecule is C[C@@H]1CN(CCOC2CCC(N3C(S)N(c4ccc(C#N)c(C(F)(F)F)c4)C(=O)C3(C)C)CC2)C[C@H](C)N1CC(=O)Nc1ccc([C@]2(C)CCC(=O)NC2=O)cc1. The minimum Gasteiger partial charge on any atom is -0.377 e. The third-order valence-electron chi connectivity index (χ3n) is 12.3. The minimum absolute atomic E-state index is 0.0237. The Morgan fingerprint density at radius 3 is 2.26 bits per heavy atom. The number of benzene rings is 2. The van der Waals surface area contributed by atoms with Gasteiger partial charge in [-0.25, -0.2) is 0 Å². The van der Waals surface area contributed by atoms with Gasteiger partial charge >= 0.3 is 6.18 Å². The fraction of sp³-hybridized carbons (Fsp3) is 0.585. The van der Waals surface area contributed by atoms with Crippen molar-refractivity contribution in [3.8, 4) is 6.07 Å². The monoisotopic (exact) mass is 811 g/mol. The quantitative estimate of drug-likeness (QED) is 0.217. The van der Waals surface area contributed by atoms with Gasteiger partial charge < -0.3 is 10.1 Å². The highest BCUT2D eigenvalue weighted by Crippen LogP contribution is 2.43. The summed E-state index contributed by atoms with van der Waals surface area (Å²) < 4.78 is 47.6. The zero-order valence-corrected chi connectivity index (χ0v) is 34.0. The van der Waals surface area contributed by atoms with Crippen molar-refractivity contribution >= 4 is 47.6 Å². The summed E-state index contributed by atoms with van der Waals surface area (Å²) in [4.78, 5) is 58.8. The van der Waals surface area contributed by atoms with Gasteiger partial charge in [-0.3, -0.25) is 44.1 Å². The molecule has 4 aliphatic rings. The molecular formula is C41H52F3N7O5S. The van der Waals surface area contributed by atoms with Crippen LogP contribution in [0.3, 0.4) is 0 Å². The van der Waals surface area contributed by atoms with Crippen LogP contribution < -0.4 is 15.5 Å². The number of ether oxygens (including phenoxy) is 1. The zero-order chi connectivity index (χ0) is 41.4. The van der Waals surface area contributed by atoms with Crippen LogP contribution in [0.25, 0.3) is 0 Å². The van der Waals surface area contributed by atoms with Crippen LogP contribution in [0.1, 0.15) is 89.8 Å². The molecule has 1 aliphatic carbocycles. The second-order valence-electron chi connectivity index (χ2n) is 16.6. The number of carbonyl (C=O) groups is 4. The first kappa shape index (κ1) is 42.6. The fourth-order valence-electron chi connectivity index (χ4n) is 9.00. The lowest BCUT2D eigenvalue weighted by Gasteiger charge is -2.44. The predicted octanol–water partition coefficient (Wildman–Crippen LogP) is 5.27. The Bertz CT molecular complexity index is 1890. The number of rotatable bonds is 10. The number of piperazine rings is 1. The Morgan fingerprint density at radius 2 is 1.67 bits per heavy atom. The molecule has 0 spiro atoms. The number of piperidine rings is 1. The van der Waals surface area contributed by atoms with Gasteiger partial charge in [0.2, 0.25) is 23.6 Å². The molecule has 57 heavy (non-hydrogen) atoms. The number of thiol groups is 1. The van der Waals surface area contributed by atoms with E-state index in [4.69, 9.17) is 17.4 Å². The molecule has 4 atom stereocenters. The van der Waals surface area contributed by atoms with Crippen LogP contribution >= 0.6 is 12.6 Å². The van der Waals surface area contributed by atoms with E-state index in [9.17, 15) is 37.6 Å². The van der Waals surface area contributed by atoms with Gasteiger partial charge in [0.1, 0.15) is 5.50 Å². The average Bonchev–Trinajstić information content (AvgIpc) is 3.33. The molecule has 1 saturated carbocycles. The van der Waals surface area contributed by atoms with Crippen LogP contribution in [-0.2, 0) is 35.5 Å². The van der Waals surface area contributed by atoms with Crippen LogP contribution in [0.5, 0.6) is 0 Å². The number of imide groups is 1. The molecule has 4 amide bonds. The summed E-state index contributed by atoms with van der Waals surface area (Å²) in [5, 5.41) is 14.6. The molecule has 6 rings (SSSR count). The molecule has 0 aromatic heterocycles. The molecule has 1 unspecified atom stereocenters. The topological polar surface area (TPSA) is 138 Å². The highest BCUT2D eigenvalue weighted by Gasteiger charge is 2.54. The van der Waals surface area contributed by atoms with E-state index in [-0.39, 0.29) is 66.5 Å². The van der Waals surface area contributed by atoms with Gasteiger partial charge in [-0.1, -0.05) is 12.1 Å². The number of hydrogen-bond acceptors (Lipinski definition) is 10. The van der Waals surface area contributed by atoms with Crippen LogP contribution in [0.4, 0.5) is 24.5 Å². The van der Waals surface area contributed by atoms with E-state index in [0.29, 0.717) is 18.7 Å². The first-order valence-electron chi connectivity index (χ1n) is 19.6. The number of carbonyl (C=O) groups excluding carboxylic acids is 4. The summed E-state index contributed by atoms with van der Waals surface area (Å²) in [7, 11) is 0. The number of hydrogen-bond donors (Lipinski definition) is 3. The number of nitrogens with zero attached hydrogens (tertiary/aromatic N) is 5. The molecule has 2 aromatic carbocycles. The van der Waals surface area contributed by atoms with Gasteiger partial charge in [-0.05, 0) is 103 Å². The van der Waals surface area contributed by atoms with Crippen molar-refractivity contribution in [3.63, 3.8) is 0 Å². The molecule has 12 nitrogen and oxygen atoms in total. The largest absolute Gasteiger partial charge is 0.417 e. The number of halogens is 3. The van der Waals surface area contributed by atoms with Crippen LogP contribution in [0, 0.1) is 11.3 Å². The van der Waals surface area contributed by atoms with E-state index in [1.807, 2.05) is 24.0 Å². The number of amides is 4. The molecule has 3 heterocycles. The highest BCUT2D eigenvalue weighted by atomic mass is 32.1. The lowest BCUT2D eigenvalue weighted by Crippen LogP contribution is -2.58. The maximum atomic E-state index is 13.7. The van der Waals surface area contributed by atoms with Gasteiger partial charge in [0.25, 0.3) is 0 Å². The van der Waals surface area contributed by atoms with Crippen molar-refractivity contribution in [2.24, 2.45) is 0 Å². The summed E-state index contributed by atoms with van der Waals surface area (Å²) in [6, 6.07) is 12.4. The first-order chi connectivity index (χ1) is 26.8. The van der Waals surface area contributed by atoms with Crippen LogP contribution in [0.15, 0.2) is 42.5 Å². The van der Waals surface area contributed by atoms with E-state index >= 15 is 0 Å². The molecule has 3 saturated heterocycles. The molecule has 2 aromatic rings. The predicted molar refractivity (Wildman–Crippen MR) is 211 cm³/mol. The maximum Gasteiger partial charge on any atom is 0.417 e. The van der Waals surface area contributed by atoms with E-state index < -0.39 is 33.8 Å². The van der Waals surface area contributed by atoms with Crippen molar-refractivity contribution in [1.29, 1.82) is 5.26 Å². The summed E-state index contributed by atoms with van der Waals surface area (Å²) >= 11 is 4.76. The molecule has 0 radical (unpaired) electrons. The van der Waals surface area contributed by atoms with Crippen molar-refractivity contribution in [2.45, 2.75) is 120 Å². The second-order valence-corrected chi connectivity index (χ2v) is 17.1. The van der Waals surface area contributed by atoms with Gasteiger partial charge in [0, 0.05) is 55.6 Å². The minimum atomic E-state index is -4.74. The summed E-state index contributed by atoms with van der Waals surface area (Å²) in [5.74, 6) is -1.04. The Kier molecular flexibility index (Phi) is 12.5. The Morgan fingerprint density at radius 1 is 1.02 bits per heavy atom. The number of nitrogens with one attached hydrogen (secondary N) is 2. The molecule has 16 heteroatoms. The zero-order valence-electron chi connectivity index (χ0n) is 33.1. The summed E-state index contributed by atoms with van der Waals surface area (Å²) in [6.45, 7) is 12.7. The summed E-state index contributed by atoms with van der Waals surface area (Å²) in [5.41, 5.74) is -2.68. The van der Waals surface area contributed by atoms with Crippen molar-refractivity contribution in [1.82, 2.24) is 20.0 Å². The molecular weight excluding hydrogens is 760 g/mol. The average molecular weight is 812 g/mol. The second kappa shape index (κ2) is 16.7. The van der Waals surface area contributed by atoms with Crippen molar-refractivity contribution in [2.75, 3.05) is 43.0 Å². The Labute approximate surface area is 337 Å². The smallest absolute Gasteiger partial charge is 0.377 e. The van der Waals surface area contributed by atoms with Gasteiger partial charge in [0.15, 0.2) is 0 Å². The molecule has 308 valence electrons. The first-order valence-corrected chi connectivity index (χ1v) is 20.1. The molecule has 2 N–H and O–H groups in total. The van der Waals surface area contributed by atoms with E-state index in [1.54, 1.807) is 32.0 Å². The number of alkyl halides is 3. The van der Waals surface area contributed by atoms with Crippen LogP contribution in [-0.4, -0.2) is 106 Å². The van der Waals surface area contributed by atoms with E-state index in [2.05, 4.69) is 34.3 Å². The third kappa shape index (κ3) is 8.88. The van der Waals surface area contributed by atoms with Gasteiger partial charge in [0.05, 0.1) is 47.4 Å². The summed E-state index contributed by atoms with van der Waals surface area (Å²) in [6.07, 6.45) is -0.951. The molecule has 3 aliphatic heterocycles. The molecule has 4 fully saturated rings. The lowest BCUT2D eigenvalue weighted by molar-refractivity contribution is -0.138. The number of anilines is 2. The van der Waals surface area contributed by atoms with Gasteiger partial charge in [-0.15, -0.1) is 12.6 Å². The van der Waals surface area contributed by atoms with Crippen LogP contribution in [0.2, 0.25) is 0 Å². The fourth-order valence-corrected chi connectivity index (χ4v) is 9.71. The highest BCUT2D eigenvalue weighted by molar-refractivity contribution is 7.81. The maximum absolute atomic E-state index is 13.7. The standard InChI is InChI=1S/C41H52F3N7O5S/c1-25-22-48(23-26(2)49(25)24-35(53)46-29-9-7-28(8-10-29)40(5)17-16-34(52)47-36(40)54)18-19-56-32-14-12-30(13-15-32)51-38(57)50(37(55)39(51,3)4)31-11-6-27(21-45)33(20-31)41(42,43)44/h6-11,20,25-26,30,32,38,57H,12-19,22-24H2,1-5H3,(H,46,53)(H,47,52,54)/t25-,26+,30?,32?,38?,40-/m0/s1. The third-order valence-corrected chi connectivity index (χ3v) is 12.8.